The number of carbonyl (C=O) groups is 2. The summed E-state index contributed by atoms with van der Waals surface area (Å²) in [5, 5.41) is 13.6. The molecule has 0 saturated carbocycles. The van der Waals surface area contributed by atoms with Crippen LogP contribution in [0.3, 0.4) is 0 Å². The fraction of sp³-hybridized carbons (Fsp3) is 0.176. The molecular formula is C17H16ClN3O4. The van der Waals surface area contributed by atoms with Gasteiger partial charge in [0.2, 0.25) is 5.91 Å². The number of rotatable bonds is 5. The van der Waals surface area contributed by atoms with E-state index in [0.717, 1.165) is 11.6 Å². The van der Waals surface area contributed by atoms with Crippen molar-refractivity contribution < 1.29 is 14.5 Å². The Morgan fingerprint density at radius 3 is 2.60 bits per heavy atom. The zero-order valence-corrected chi connectivity index (χ0v) is 14.4. The van der Waals surface area contributed by atoms with Crippen LogP contribution in [0.15, 0.2) is 42.5 Å². The van der Waals surface area contributed by atoms with E-state index in [-0.39, 0.29) is 22.2 Å². The molecule has 2 rings (SSSR count). The second-order valence-corrected chi connectivity index (χ2v) is 5.86. The van der Waals surface area contributed by atoms with Crippen molar-refractivity contribution in [2.75, 3.05) is 12.4 Å². The number of benzene rings is 2. The van der Waals surface area contributed by atoms with E-state index in [0.29, 0.717) is 12.2 Å². The number of amides is 2. The predicted molar refractivity (Wildman–Crippen MR) is 94.6 cm³/mol. The quantitative estimate of drug-likeness (QED) is 0.651. The van der Waals surface area contributed by atoms with Crippen molar-refractivity contribution in [1.82, 2.24) is 4.90 Å². The first-order valence-corrected chi connectivity index (χ1v) is 7.71. The second-order valence-electron chi connectivity index (χ2n) is 5.45. The number of non-ortho nitro benzene ring substituents is 1. The first kappa shape index (κ1) is 18.4. The minimum atomic E-state index is -0.592. The predicted octanol–water partition coefficient (Wildman–Crippen LogP) is 3.48. The number of hydrogen-bond donors (Lipinski definition) is 1. The Hall–Kier alpha value is -2.93. The minimum absolute atomic E-state index is 0.0159. The van der Waals surface area contributed by atoms with Crippen LogP contribution < -0.4 is 5.32 Å². The number of carbonyl (C=O) groups excluding carboxylic acids is 2. The van der Waals surface area contributed by atoms with E-state index >= 15 is 0 Å². The molecule has 130 valence electrons. The molecule has 0 heterocycles. The molecule has 0 unspecified atom stereocenters. The minimum Gasteiger partial charge on any atom is -0.342 e. The summed E-state index contributed by atoms with van der Waals surface area (Å²) in [6.07, 6.45) is 0. The maximum atomic E-state index is 12.4. The van der Waals surface area contributed by atoms with Gasteiger partial charge in [-0.1, -0.05) is 23.7 Å². The van der Waals surface area contributed by atoms with Crippen LogP contribution in [0.2, 0.25) is 5.02 Å². The van der Waals surface area contributed by atoms with Crippen LogP contribution in [0.1, 0.15) is 22.8 Å². The molecule has 2 aromatic rings. The lowest BCUT2D eigenvalue weighted by molar-refractivity contribution is -0.384. The number of nitro benzene ring substituents is 1. The molecule has 0 saturated heterocycles. The lowest BCUT2D eigenvalue weighted by atomic mass is 10.1. The van der Waals surface area contributed by atoms with Crippen molar-refractivity contribution in [3.8, 4) is 0 Å². The van der Waals surface area contributed by atoms with E-state index in [1.54, 1.807) is 30.1 Å². The van der Waals surface area contributed by atoms with Gasteiger partial charge in [-0.25, -0.2) is 0 Å². The Bertz CT molecular complexity index is 838. The lowest BCUT2D eigenvalue weighted by Gasteiger charge is -2.15. The largest absolute Gasteiger partial charge is 0.342 e. The maximum absolute atomic E-state index is 12.4. The van der Waals surface area contributed by atoms with Gasteiger partial charge in [-0.3, -0.25) is 19.7 Å². The van der Waals surface area contributed by atoms with Crippen LogP contribution in [-0.2, 0) is 11.3 Å². The van der Waals surface area contributed by atoms with Crippen LogP contribution in [0.5, 0.6) is 0 Å². The van der Waals surface area contributed by atoms with Crippen LogP contribution >= 0.6 is 11.6 Å². The first-order chi connectivity index (χ1) is 11.8. The van der Waals surface area contributed by atoms with E-state index in [1.807, 2.05) is 6.07 Å². The fourth-order valence-electron chi connectivity index (χ4n) is 2.13. The van der Waals surface area contributed by atoms with Crippen molar-refractivity contribution in [2.45, 2.75) is 13.5 Å². The summed E-state index contributed by atoms with van der Waals surface area (Å²) >= 11 is 5.97. The van der Waals surface area contributed by atoms with Crippen LogP contribution in [0, 0.1) is 10.1 Å². The average Bonchev–Trinajstić information content (AvgIpc) is 2.55. The summed E-state index contributed by atoms with van der Waals surface area (Å²) in [6, 6.07) is 10.7. The van der Waals surface area contributed by atoms with Gasteiger partial charge in [-0.15, -0.1) is 0 Å². The zero-order valence-electron chi connectivity index (χ0n) is 13.7. The summed E-state index contributed by atoms with van der Waals surface area (Å²) in [5.41, 5.74) is 1.14. The van der Waals surface area contributed by atoms with E-state index < -0.39 is 10.8 Å². The maximum Gasteiger partial charge on any atom is 0.270 e. The number of anilines is 1. The van der Waals surface area contributed by atoms with Gasteiger partial charge in [0.05, 0.1) is 15.5 Å². The van der Waals surface area contributed by atoms with Gasteiger partial charge in [-0.2, -0.15) is 0 Å². The normalized spacial score (nSPS) is 10.2. The topological polar surface area (TPSA) is 92.6 Å². The average molecular weight is 362 g/mol. The summed E-state index contributed by atoms with van der Waals surface area (Å²) in [5.74, 6) is -0.622. The fourth-order valence-corrected chi connectivity index (χ4v) is 2.34. The number of nitro groups is 1. The van der Waals surface area contributed by atoms with Gasteiger partial charge in [0.1, 0.15) is 0 Å². The molecule has 0 fully saturated rings. The number of hydrogen-bond acceptors (Lipinski definition) is 4. The molecule has 0 radical (unpaired) electrons. The highest BCUT2D eigenvalue weighted by molar-refractivity contribution is 6.34. The third-order valence-corrected chi connectivity index (χ3v) is 3.88. The summed E-state index contributed by atoms with van der Waals surface area (Å²) in [6.45, 7) is 1.87. The molecule has 0 aliphatic heterocycles. The van der Waals surface area contributed by atoms with Gasteiger partial charge in [0, 0.05) is 38.3 Å². The zero-order chi connectivity index (χ0) is 18.6. The first-order valence-electron chi connectivity index (χ1n) is 7.34. The van der Waals surface area contributed by atoms with Crippen molar-refractivity contribution >= 4 is 34.8 Å². The van der Waals surface area contributed by atoms with Crippen molar-refractivity contribution in [3.63, 3.8) is 0 Å². The second kappa shape index (κ2) is 7.76. The molecule has 25 heavy (non-hydrogen) atoms. The van der Waals surface area contributed by atoms with Crippen LogP contribution in [0.4, 0.5) is 11.4 Å². The van der Waals surface area contributed by atoms with Crippen molar-refractivity contribution in [2.24, 2.45) is 0 Å². The Labute approximate surface area is 149 Å². The lowest BCUT2D eigenvalue weighted by Crippen LogP contribution is -2.23. The third kappa shape index (κ3) is 4.77. The van der Waals surface area contributed by atoms with Crippen molar-refractivity contribution in [1.29, 1.82) is 0 Å². The molecule has 1 N–H and O–H groups in total. The monoisotopic (exact) mass is 361 g/mol. The SMILES string of the molecule is CC(=O)N(C)Cc1cccc(NC(=O)c2cc([N+](=O)[O-])ccc2Cl)c1. The van der Waals surface area contributed by atoms with Crippen LogP contribution in [-0.4, -0.2) is 28.7 Å². The molecule has 0 aromatic heterocycles. The molecule has 0 aliphatic rings. The smallest absolute Gasteiger partial charge is 0.270 e. The van der Waals surface area contributed by atoms with Gasteiger partial charge >= 0.3 is 0 Å². The molecular weight excluding hydrogens is 346 g/mol. The molecule has 8 heteroatoms. The Morgan fingerprint density at radius 2 is 1.96 bits per heavy atom. The molecule has 0 spiro atoms. The van der Waals surface area contributed by atoms with Gasteiger partial charge in [-0.05, 0) is 23.8 Å². The van der Waals surface area contributed by atoms with E-state index in [4.69, 9.17) is 11.6 Å². The van der Waals surface area contributed by atoms with Gasteiger partial charge in [0.15, 0.2) is 0 Å². The molecule has 0 aliphatic carbocycles. The third-order valence-electron chi connectivity index (χ3n) is 3.55. The standard InChI is InChI=1S/C17H16ClN3O4/c1-11(22)20(2)10-12-4-3-5-13(8-12)19-17(23)15-9-14(21(24)25)6-7-16(15)18/h3-9H,10H2,1-2H3,(H,19,23). The highest BCUT2D eigenvalue weighted by Crippen LogP contribution is 2.23. The van der Waals surface area contributed by atoms with Gasteiger partial charge in [0.25, 0.3) is 11.6 Å². The Kier molecular flexibility index (Phi) is 5.71. The van der Waals surface area contributed by atoms with Crippen molar-refractivity contribution in [3.05, 3.63) is 68.7 Å². The molecule has 0 bridgehead atoms. The summed E-state index contributed by atoms with van der Waals surface area (Å²) in [7, 11) is 1.68. The molecule has 7 nitrogen and oxygen atoms in total. The van der Waals surface area contributed by atoms with E-state index in [9.17, 15) is 19.7 Å². The van der Waals surface area contributed by atoms with Gasteiger partial charge < -0.3 is 10.2 Å². The number of nitrogens with zero attached hydrogens (tertiary/aromatic N) is 2. The van der Waals surface area contributed by atoms with E-state index in [1.165, 1.54) is 19.1 Å². The number of nitrogens with one attached hydrogen (secondary N) is 1. The molecule has 2 aromatic carbocycles. The Morgan fingerprint density at radius 1 is 1.24 bits per heavy atom. The van der Waals surface area contributed by atoms with E-state index in [2.05, 4.69) is 5.32 Å². The number of halogens is 1. The molecule has 2 amide bonds. The molecule has 0 atom stereocenters. The highest BCUT2D eigenvalue weighted by Gasteiger charge is 2.16. The Balaban J connectivity index is 2.20. The summed E-state index contributed by atoms with van der Waals surface area (Å²) < 4.78 is 0. The highest BCUT2D eigenvalue weighted by atomic mass is 35.5. The summed E-state index contributed by atoms with van der Waals surface area (Å²) in [4.78, 5) is 35.5. The van der Waals surface area contributed by atoms with Crippen LogP contribution in [0.25, 0.3) is 0 Å².